The molecule has 45 heavy (non-hydrogen) atoms. The second kappa shape index (κ2) is 13.2. The molecule has 0 atom stereocenters. The average Bonchev–Trinajstić information content (AvgIpc) is 3.13. The van der Waals surface area contributed by atoms with Gasteiger partial charge in [0.05, 0.1) is 5.69 Å². The fraction of sp³-hybridized carbons (Fsp3) is 0. The van der Waals surface area contributed by atoms with E-state index in [1.165, 1.54) is 38.9 Å². The molecule has 0 amide bonds. The second-order valence-electron chi connectivity index (χ2n) is 11.0. The third kappa shape index (κ3) is 6.39. The molecule has 0 spiro atoms. The lowest BCUT2D eigenvalue weighted by atomic mass is 9.99. The summed E-state index contributed by atoms with van der Waals surface area (Å²) in [5, 5.41) is 0. The van der Waals surface area contributed by atoms with Crippen molar-refractivity contribution < 1.29 is 0 Å². The fourth-order valence-corrected chi connectivity index (χ4v) is 5.77. The SMILES string of the molecule is C(=C\c1cccc(N(c2ccc(-c3ccc(-c4ccccc4)cc3)cc2)c2ccccc2-c2ccccc2)c1)/c1ccccc1. The van der Waals surface area contributed by atoms with Gasteiger partial charge in [-0.05, 0) is 69.3 Å². The summed E-state index contributed by atoms with van der Waals surface area (Å²) in [6.07, 6.45) is 4.35. The van der Waals surface area contributed by atoms with Crippen molar-refractivity contribution in [1.29, 1.82) is 0 Å². The predicted octanol–water partition coefficient (Wildman–Crippen LogP) is 12.3. The van der Waals surface area contributed by atoms with Gasteiger partial charge in [-0.2, -0.15) is 0 Å². The first-order valence-electron chi connectivity index (χ1n) is 15.4. The quantitative estimate of drug-likeness (QED) is 0.163. The molecule has 1 heteroatoms. The normalized spacial score (nSPS) is 11.0. The van der Waals surface area contributed by atoms with Crippen LogP contribution in [0.25, 0.3) is 45.5 Å². The first-order chi connectivity index (χ1) is 22.3. The lowest BCUT2D eigenvalue weighted by molar-refractivity contribution is 1.28. The summed E-state index contributed by atoms with van der Waals surface area (Å²) in [5.41, 5.74) is 12.9. The van der Waals surface area contributed by atoms with Crippen molar-refractivity contribution in [2.45, 2.75) is 0 Å². The van der Waals surface area contributed by atoms with Crippen molar-refractivity contribution in [1.82, 2.24) is 0 Å². The molecule has 0 fully saturated rings. The summed E-state index contributed by atoms with van der Waals surface area (Å²) in [5.74, 6) is 0. The highest BCUT2D eigenvalue weighted by atomic mass is 15.1. The first-order valence-corrected chi connectivity index (χ1v) is 15.4. The molecule has 0 saturated carbocycles. The largest absolute Gasteiger partial charge is 0.310 e. The predicted molar refractivity (Wildman–Crippen MR) is 193 cm³/mol. The molecule has 0 aliphatic rings. The van der Waals surface area contributed by atoms with E-state index < -0.39 is 0 Å². The minimum atomic E-state index is 1.10. The molecule has 0 heterocycles. The molecule has 214 valence electrons. The molecule has 7 aromatic rings. The molecular formula is C44H33N. The van der Waals surface area contributed by atoms with Crippen LogP contribution in [0.2, 0.25) is 0 Å². The Balaban J connectivity index is 1.27. The zero-order valence-electron chi connectivity index (χ0n) is 25.0. The number of benzene rings is 7. The molecule has 0 aliphatic heterocycles. The Labute approximate surface area is 266 Å². The van der Waals surface area contributed by atoms with Gasteiger partial charge in [0.25, 0.3) is 0 Å². The lowest BCUT2D eigenvalue weighted by Gasteiger charge is -2.28. The molecule has 0 aliphatic carbocycles. The number of nitrogens with zero attached hydrogens (tertiary/aromatic N) is 1. The van der Waals surface area contributed by atoms with Crippen LogP contribution < -0.4 is 4.90 Å². The van der Waals surface area contributed by atoms with Gasteiger partial charge in [0.1, 0.15) is 0 Å². The Hall–Kier alpha value is -5.92. The van der Waals surface area contributed by atoms with E-state index in [-0.39, 0.29) is 0 Å². The van der Waals surface area contributed by atoms with Gasteiger partial charge in [0.2, 0.25) is 0 Å². The number of hydrogen-bond acceptors (Lipinski definition) is 1. The van der Waals surface area contributed by atoms with E-state index >= 15 is 0 Å². The van der Waals surface area contributed by atoms with Crippen LogP contribution in [0.15, 0.2) is 188 Å². The van der Waals surface area contributed by atoms with E-state index in [9.17, 15) is 0 Å². The topological polar surface area (TPSA) is 3.24 Å². The van der Waals surface area contributed by atoms with Gasteiger partial charge in [-0.25, -0.2) is 0 Å². The van der Waals surface area contributed by atoms with Crippen LogP contribution in [0.4, 0.5) is 17.1 Å². The van der Waals surface area contributed by atoms with Crippen molar-refractivity contribution in [3.8, 4) is 33.4 Å². The van der Waals surface area contributed by atoms with E-state index in [4.69, 9.17) is 0 Å². The Morgan fingerprint density at radius 3 is 1.42 bits per heavy atom. The summed E-state index contributed by atoms with van der Waals surface area (Å²) in [6, 6.07) is 66.7. The summed E-state index contributed by atoms with van der Waals surface area (Å²) in [4.78, 5) is 2.37. The van der Waals surface area contributed by atoms with E-state index in [1.54, 1.807) is 0 Å². The van der Waals surface area contributed by atoms with Gasteiger partial charge in [0, 0.05) is 16.9 Å². The number of rotatable bonds is 8. The molecule has 7 aromatic carbocycles. The molecular weight excluding hydrogens is 542 g/mol. The summed E-state index contributed by atoms with van der Waals surface area (Å²) >= 11 is 0. The third-order valence-corrected chi connectivity index (χ3v) is 8.08. The maximum atomic E-state index is 2.37. The van der Waals surface area contributed by atoms with Crippen molar-refractivity contribution in [2.75, 3.05) is 4.90 Å². The minimum Gasteiger partial charge on any atom is -0.310 e. The standard InChI is InChI=1S/C44H33N/c1-4-13-34(14-5-1)23-24-35-15-12-20-42(33-35)45(44-22-11-10-21-43(44)40-18-8-3-9-19-40)41-31-29-39(30-32-41)38-27-25-37(26-28-38)36-16-6-2-7-17-36/h1-33H/b24-23+. The average molecular weight is 576 g/mol. The van der Waals surface area contributed by atoms with Gasteiger partial charge in [-0.3, -0.25) is 0 Å². The van der Waals surface area contributed by atoms with Crippen LogP contribution in [0, 0.1) is 0 Å². The molecule has 1 nitrogen and oxygen atoms in total. The van der Waals surface area contributed by atoms with Crippen LogP contribution in [0.3, 0.4) is 0 Å². The Morgan fingerprint density at radius 2 is 0.778 bits per heavy atom. The van der Waals surface area contributed by atoms with Crippen LogP contribution >= 0.6 is 0 Å². The Kier molecular flexibility index (Phi) is 8.15. The van der Waals surface area contributed by atoms with Gasteiger partial charge < -0.3 is 4.90 Å². The van der Waals surface area contributed by atoms with Gasteiger partial charge in [-0.15, -0.1) is 0 Å². The van der Waals surface area contributed by atoms with Gasteiger partial charge >= 0.3 is 0 Å². The number of hydrogen-bond donors (Lipinski definition) is 0. The van der Waals surface area contributed by atoms with Crippen LogP contribution in [0.5, 0.6) is 0 Å². The smallest absolute Gasteiger partial charge is 0.0540 e. The molecule has 0 aromatic heterocycles. The van der Waals surface area contributed by atoms with E-state index in [2.05, 4.69) is 199 Å². The monoisotopic (exact) mass is 575 g/mol. The van der Waals surface area contributed by atoms with Crippen LogP contribution in [-0.2, 0) is 0 Å². The molecule has 0 unspecified atom stereocenters. The van der Waals surface area contributed by atoms with Crippen molar-refractivity contribution in [3.05, 3.63) is 199 Å². The summed E-state index contributed by atoms with van der Waals surface area (Å²) in [7, 11) is 0. The molecule has 0 radical (unpaired) electrons. The molecule has 0 N–H and O–H groups in total. The van der Waals surface area contributed by atoms with Crippen molar-refractivity contribution in [3.63, 3.8) is 0 Å². The third-order valence-electron chi connectivity index (χ3n) is 8.08. The minimum absolute atomic E-state index is 1.10. The molecule has 0 bridgehead atoms. The second-order valence-corrected chi connectivity index (χ2v) is 11.0. The van der Waals surface area contributed by atoms with E-state index in [0.29, 0.717) is 0 Å². The zero-order chi connectivity index (χ0) is 30.3. The fourth-order valence-electron chi connectivity index (χ4n) is 5.77. The highest BCUT2D eigenvalue weighted by Gasteiger charge is 2.17. The Morgan fingerprint density at radius 1 is 0.311 bits per heavy atom. The van der Waals surface area contributed by atoms with Crippen LogP contribution in [-0.4, -0.2) is 0 Å². The highest BCUT2D eigenvalue weighted by molar-refractivity contribution is 5.89. The Bertz CT molecular complexity index is 2010. The van der Waals surface area contributed by atoms with Crippen molar-refractivity contribution >= 4 is 29.2 Å². The zero-order valence-corrected chi connectivity index (χ0v) is 25.0. The number of anilines is 3. The highest BCUT2D eigenvalue weighted by Crippen LogP contribution is 2.41. The first kappa shape index (κ1) is 27.9. The maximum Gasteiger partial charge on any atom is 0.0540 e. The lowest BCUT2D eigenvalue weighted by Crippen LogP contribution is -2.11. The van der Waals surface area contributed by atoms with Crippen LogP contribution in [0.1, 0.15) is 11.1 Å². The van der Waals surface area contributed by atoms with Gasteiger partial charge in [0.15, 0.2) is 0 Å². The van der Waals surface area contributed by atoms with E-state index in [1.807, 2.05) is 6.07 Å². The summed E-state index contributed by atoms with van der Waals surface area (Å²) in [6.45, 7) is 0. The van der Waals surface area contributed by atoms with E-state index in [0.717, 1.165) is 22.6 Å². The summed E-state index contributed by atoms with van der Waals surface area (Å²) < 4.78 is 0. The van der Waals surface area contributed by atoms with Gasteiger partial charge in [-0.1, -0.05) is 170 Å². The molecule has 7 rings (SSSR count). The molecule has 0 saturated heterocycles. The number of para-hydroxylation sites is 1. The van der Waals surface area contributed by atoms with Crippen molar-refractivity contribution in [2.24, 2.45) is 0 Å². The maximum absolute atomic E-state index is 2.37.